The van der Waals surface area contributed by atoms with Crippen LogP contribution in [0.3, 0.4) is 0 Å². The standard InChI is InChI=1S/C19H19N3O/c1-18(2)13-11-23-10-12(13)17(22-19(18,3)4)16-9-20-14-7-5-6-8-15(14)21-16/h5-11H,1-4H3. The summed E-state index contributed by atoms with van der Waals surface area (Å²) in [6.45, 7) is 8.70. The predicted molar refractivity (Wildman–Crippen MR) is 91.0 cm³/mol. The Morgan fingerprint density at radius 3 is 2.48 bits per heavy atom. The highest BCUT2D eigenvalue weighted by Gasteiger charge is 2.45. The van der Waals surface area contributed by atoms with E-state index in [1.54, 1.807) is 12.5 Å². The minimum absolute atomic E-state index is 0.108. The Morgan fingerprint density at radius 1 is 0.957 bits per heavy atom. The van der Waals surface area contributed by atoms with E-state index in [1.807, 2.05) is 30.5 Å². The lowest BCUT2D eigenvalue weighted by molar-refractivity contribution is 0.302. The number of nitrogens with zero attached hydrogens (tertiary/aromatic N) is 3. The zero-order chi connectivity index (χ0) is 16.2. The monoisotopic (exact) mass is 305 g/mol. The number of benzene rings is 1. The minimum Gasteiger partial charge on any atom is -0.472 e. The van der Waals surface area contributed by atoms with Crippen LogP contribution in [0.1, 0.15) is 44.5 Å². The van der Waals surface area contributed by atoms with Crippen molar-refractivity contribution in [3.63, 3.8) is 0 Å². The average Bonchev–Trinajstić information content (AvgIpc) is 3.01. The number of aliphatic imine (C=N–C) groups is 1. The first-order valence-corrected chi connectivity index (χ1v) is 7.79. The van der Waals surface area contributed by atoms with E-state index in [-0.39, 0.29) is 11.0 Å². The third kappa shape index (κ3) is 1.94. The first kappa shape index (κ1) is 14.1. The van der Waals surface area contributed by atoms with Gasteiger partial charge >= 0.3 is 0 Å². The summed E-state index contributed by atoms with van der Waals surface area (Å²) in [5, 5.41) is 0. The first-order valence-electron chi connectivity index (χ1n) is 7.79. The zero-order valence-electron chi connectivity index (χ0n) is 13.8. The molecule has 1 aromatic carbocycles. The third-order valence-corrected chi connectivity index (χ3v) is 5.20. The highest BCUT2D eigenvalue weighted by atomic mass is 16.3. The fourth-order valence-corrected chi connectivity index (χ4v) is 3.04. The summed E-state index contributed by atoms with van der Waals surface area (Å²) in [6.07, 6.45) is 5.40. The molecule has 0 spiro atoms. The molecule has 3 aromatic rings. The molecule has 1 aliphatic heterocycles. The van der Waals surface area contributed by atoms with Gasteiger partial charge in [0.1, 0.15) is 12.0 Å². The number of fused-ring (bicyclic) bond motifs is 2. The molecular weight excluding hydrogens is 286 g/mol. The Balaban J connectivity index is 1.95. The van der Waals surface area contributed by atoms with Crippen LogP contribution in [-0.4, -0.2) is 21.2 Å². The molecule has 4 rings (SSSR count). The summed E-state index contributed by atoms with van der Waals surface area (Å²) in [5.74, 6) is 0. The van der Waals surface area contributed by atoms with E-state index in [1.165, 1.54) is 5.56 Å². The van der Waals surface area contributed by atoms with Gasteiger partial charge in [0.25, 0.3) is 0 Å². The first-order chi connectivity index (χ1) is 10.9. The quantitative estimate of drug-likeness (QED) is 0.679. The molecule has 0 aliphatic carbocycles. The van der Waals surface area contributed by atoms with Crippen LogP contribution in [0, 0.1) is 0 Å². The second-order valence-corrected chi connectivity index (χ2v) is 7.09. The summed E-state index contributed by atoms with van der Waals surface area (Å²) in [6, 6.07) is 7.88. The molecule has 0 unspecified atom stereocenters. The lowest BCUT2D eigenvalue weighted by Gasteiger charge is -2.42. The summed E-state index contributed by atoms with van der Waals surface area (Å²) in [5.41, 5.74) is 5.22. The molecule has 3 heterocycles. The van der Waals surface area contributed by atoms with Crippen molar-refractivity contribution in [3.8, 4) is 0 Å². The normalized spacial score (nSPS) is 18.5. The Bertz CT molecular complexity index is 934. The third-order valence-electron chi connectivity index (χ3n) is 5.20. The number of hydrogen-bond acceptors (Lipinski definition) is 4. The van der Waals surface area contributed by atoms with Gasteiger partial charge in [-0.3, -0.25) is 9.98 Å². The van der Waals surface area contributed by atoms with E-state index in [2.05, 4.69) is 32.7 Å². The zero-order valence-corrected chi connectivity index (χ0v) is 13.8. The van der Waals surface area contributed by atoms with Gasteiger partial charge in [-0.2, -0.15) is 0 Å². The van der Waals surface area contributed by atoms with Crippen LogP contribution in [0.4, 0.5) is 0 Å². The smallest absolute Gasteiger partial charge is 0.108 e. The van der Waals surface area contributed by atoms with Gasteiger partial charge in [0.2, 0.25) is 0 Å². The molecule has 0 amide bonds. The molecule has 23 heavy (non-hydrogen) atoms. The van der Waals surface area contributed by atoms with Crippen molar-refractivity contribution in [2.24, 2.45) is 4.99 Å². The van der Waals surface area contributed by atoms with E-state index in [0.717, 1.165) is 28.0 Å². The van der Waals surface area contributed by atoms with Crippen LogP contribution in [0.15, 0.2) is 52.4 Å². The minimum atomic E-state index is -0.257. The van der Waals surface area contributed by atoms with Gasteiger partial charge in [-0.05, 0) is 26.0 Å². The maximum Gasteiger partial charge on any atom is 0.108 e. The van der Waals surface area contributed by atoms with Gasteiger partial charge in [0.05, 0.1) is 34.7 Å². The summed E-state index contributed by atoms with van der Waals surface area (Å²) in [4.78, 5) is 14.3. The fourth-order valence-electron chi connectivity index (χ4n) is 3.04. The number of rotatable bonds is 1. The van der Waals surface area contributed by atoms with Gasteiger partial charge in [0.15, 0.2) is 0 Å². The highest BCUT2D eigenvalue weighted by molar-refractivity contribution is 6.14. The summed E-state index contributed by atoms with van der Waals surface area (Å²) in [7, 11) is 0. The van der Waals surface area contributed by atoms with Gasteiger partial charge in [-0.1, -0.05) is 26.0 Å². The molecular formula is C19H19N3O. The molecule has 4 heteroatoms. The van der Waals surface area contributed by atoms with Crippen molar-refractivity contribution in [2.45, 2.75) is 38.6 Å². The molecule has 0 saturated heterocycles. The van der Waals surface area contributed by atoms with Crippen LogP contribution in [0.2, 0.25) is 0 Å². The lowest BCUT2D eigenvalue weighted by Crippen LogP contribution is -2.45. The molecule has 0 saturated carbocycles. The van der Waals surface area contributed by atoms with Crippen molar-refractivity contribution in [1.82, 2.24) is 9.97 Å². The molecule has 0 bridgehead atoms. The maximum atomic E-state index is 5.51. The maximum absolute atomic E-state index is 5.51. The van der Waals surface area contributed by atoms with Gasteiger partial charge in [-0.15, -0.1) is 0 Å². The van der Waals surface area contributed by atoms with Crippen molar-refractivity contribution >= 4 is 16.7 Å². The number of hydrogen-bond donors (Lipinski definition) is 0. The van der Waals surface area contributed by atoms with Crippen molar-refractivity contribution in [2.75, 3.05) is 0 Å². The fraction of sp³-hybridized carbons (Fsp3) is 0.316. The lowest BCUT2D eigenvalue weighted by atomic mass is 9.67. The second kappa shape index (κ2) is 4.51. The van der Waals surface area contributed by atoms with Gasteiger partial charge < -0.3 is 4.42 Å². The molecule has 2 aromatic heterocycles. The highest BCUT2D eigenvalue weighted by Crippen LogP contribution is 2.44. The summed E-state index contributed by atoms with van der Waals surface area (Å²) >= 11 is 0. The molecule has 0 fully saturated rings. The Morgan fingerprint density at radius 2 is 1.70 bits per heavy atom. The van der Waals surface area contributed by atoms with Crippen LogP contribution in [0.5, 0.6) is 0 Å². The van der Waals surface area contributed by atoms with Crippen molar-refractivity contribution in [3.05, 3.63) is 59.8 Å². The van der Waals surface area contributed by atoms with Gasteiger partial charge in [0, 0.05) is 16.5 Å². The van der Waals surface area contributed by atoms with E-state index >= 15 is 0 Å². The van der Waals surface area contributed by atoms with Crippen molar-refractivity contribution in [1.29, 1.82) is 0 Å². The average molecular weight is 305 g/mol. The Kier molecular flexibility index (Phi) is 2.77. The van der Waals surface area contributed by atoms with Crippen molar-refractivity contribution < 1.29 is 4.42 Å². The number of aromatic nitrogens is 2. The largest absolute Gasteiger partial charge is 0.472 e. The van der Waals surface area contributed by atoms with E-state index in [0.29, 0.717) is 0 Å². The van der Waals surface area contributed by atoms with Gasteiger partial charge in [-0.25, -0.2) is 4.98 Å². The van der Waals surface area contributed by atoms with Crippen LogP contribution in [-0.2, 0) is 5.41 Å². The van der Waals surface area contributed by atoms with E-state index < -0.39 is 0 Å². The molecule has 116 valence electrons. The molecule has 0 atom stereocenters. The second-order valence-electron chi connectivity index (χ2n) is 7.09. The molecule has 0 radical (unpaired) electrons. The van der Waals surface area contributed by atoms with E-state index in [9.17, 15) is 0 Å². The summed E-state index contributed by atoms with van der Waals surface area (Å²) < 4.78 is 5.51. The van der Waals surface area contributed by atoms with Crippen LogP contribution < -0.4 is 0 Å². The number of para-hydroxylation sites is 2. The molecule has 1 aliphatic rings. The molecule has 4 nitrogen and oxygen atoms in total. The molecule has 0 N–H and O–H groups in total. The predicted octanol–water partition coefficient (Wildman–Crippen LogP) is 4.13. The Labute approximate surface area is 135 Å². The van der Waals surface area contributed by atoms with Crippen LogP contribution in [0.25, 0.3) is 11.0 Å². The SMILES string of the molecule is CC1(C)N=C(c2cnc3ccccc3n2)c2cocc2C1(C)C. The van der Waals surface area contributed by atoms with Crippen LogP contribution >= 0.6 is 0 Å². The topological polar surface area (TPSA) is 51.3 Å². The Hall–Kier alpha value is -2.49. The van der Waals surface area contributed by atoms with E-state index in [4.69, 9.17) is 14.4 Å². The number of furan rings is 1.